The van der Waals surface area contributed by atoms with Crippen LogP contribution in [0.3, 0.4) is 0 Å². The van der Waals surface area contributed by atoms with Crippen molar-refractivity contribution in [2.45, 2.75) is 25.8 Å². The zero-order valence-electron chi connectivity index (χ0n) is 15.4. The Morgan fingerprint density at radius 1 is 1.25 bits per heavy atom. The monoisotopic (exact) mass is 378 g/mol. The highest BCUT2D eigenvalue weighted by atomic mass is 19.1. The van der Waals surface area contributed by atoms with Crippen LogP contribution in [0.15, 0.2) is 36.7 Å². The van der Waals surface area contributed by atoms with Crippen molar-refractivity contribution >= 4 is 11.6 Å². The Balaban J connectivity index is 1.69. The third-order valence-electron chi connectivity index (χ3n) is 4.77. The van der Waals surface area contributed by atoms with Gasteiger partial charge in [0.1, 0.15) is 11.5 Å². The second kappa shape index (κ2) is 7.74. The molecule has 0 atom stereocenters. The second-order valence-corrected chi connectivity index (χ2v) is 6.61. The maximum atomic E-state index is 14.6. The van der Waals surface area contributed by atoms with E-state index < -0.39 is 5.82 Å². The van der Waals surface area contributed by atoms with Crippen LogP contribution in [0.25, 0.3) is 11.4 Å². The van der Waals surface area contributed by atoms with Gasteiger partial charge in [0.2, 0.25) is 5.95 Å². The summed E-state index contributed by atoms with van der Waals surface area (Å²) in [6.07, 6.45) is 4.50. The number of hydrogen-bond acceptors (Lipinski definition) is 6. The van der Waals surface area contributed by atoms with Crippen LogP contribution in [-0.4, -0.2) is 32.7 Å². The lowest BCUT2D eigenvalue weighted by Gasteiger charge is -2.26. The Morgan fingerprint density at radius 3 is 2.86 bits per heavy atom. The van der Waals surface area contributed by atoms with Crippen LogP contribution in [0.2, 0.25) is 0 Å². The SMILES string of the molecule is Cc1ncc(-c2nc(Nc3cccc(C#N)c3)ncc2F)n1C1CCOCC1. The molecule has 1 aliphatic heterocycles. The van der Waals surface area contributed by atoms with E-state index in [1.807, 2.05) is 11.5 Å². The molecule has 0 aliphatic carbocycles. The summed E-state index contributed by atoms with van der Waals surface area (Å²) < 4.78 is 22.1. The van der Waals surface area contributed by atoms with E-state index in [1.165, 1.54) is 0 Å². The number of anilines is 2. The Morgan fingerprint density at radius 2 is 2.07 bits per heavy atom. The Kier molecular flexibility index (Phi) is 5.00. The molecule has 1 N–H and O–H groups in total. The van der Waals surface area contributed by atoms with Crippen molar-refractivity contribution in [3.63, 3.8) is 0 Å². The number of halogens is 1. The standard InChI is InChI=1S/C20H19FN6O/c1-13-23-12-18(27(13)16-5-7-28-8-6-16)19-17(21)11-24-20(26-19)25-15-4-2-3-14(9-15)10-22/h2-4,9,11-12,16H,5-8H2,1H3,(H,24,25,26). The van der Waals surface area contributed by atoms with Gasteiger partial charge in [0.15, 0.2) is 5.82 Å². The quantitative estimate of drug-likeness (QED) is 0.744. The summed E-state index contributed by atoms with van der Waals surface area (Å²) in [6, 6.07) is 9.23. The number of ether oxygens (including phenoxy) is 1. The molecule has 0 unspecified atom stereocenters. The summed E-state index contributed by atoms with van der Waals surface area (Å²) in [6.45, 7) is 3.26. The first-order chi connectivity index (χ1) is 13.7. The molecule has 0 saturated carbocycles. The van der Waals surface area contributed by atoms with Gasteiger partial charge < -0.3 is 14.6 Å². The summed E-state index contributed by atoms with van der Waals surface area (Å²) in [5, 5.41) is 12.1. The van der Waals surface area contributed by atoms with Crippen molar-refractivity contribution in [1.29, 1.82) is 5.26 Å². The number of nitrogens with zero attached hydrogens (tertiary/aromatic N) is 5. The van der Waals surface area contributed by atoms with Crippen LogP contribution in [0.5, 0.6) is 0 Å². The Hall–Kier alpha value is -3.31. The molecule has 0 amide bonds. The van der Waals surface area contributed by atoms with Crippen LogP contribution in [0.4, 0.5) is 16.0 Å². The largest absolute Gasteiger partial charge is 0.381 e. The van der Waals surface area contributed by atoms with E-state index in [1.54, 1.807) is 30.5 Å². The first-order valence-electron chi connectivity index (χ1n) is 9.07. The van der Waals surface area contributed by atoms with Gasteiger partial charge in [-0.2, -0.15) is 5.26 Å². The minimum absolute atomic E-state index is 0.195. The molecule has 142 valence electrons. The fraction of sp³-hybridized carbons (Fsp3) is 0.300. The van der Waals surface area contributed by atoms with E-state index in [4.69, 9.17) is 10.00 Å². The van der Waals surface area contributed by atoms with Gasteiger partial charge in [0.25, 0.3) is 0 Å². The molecule has 1 aromatic carbocycles. The highest BCUT2D eigenvalue weighted by Crippen LogP contribution is 2.31. The molecule has 1 fully saturated rings. The number of nitriles is 1. The van der Waals surface area contributed by atoms with Gasteiger partial charge in [-0.15, -0.1) is 0 Å². The molecule has 3 heterocycles. The lowest BCUT2D eigenvalue weighted by molar-refractivity contribution is 0.0694. The number of aromatic nitrogens is 4. The van der Waals surface area contributed by atoms with Crippen LogP contribution >= 0.6 is 0 Å². The average molecular weight is 378 g/mol. The topological polar surface area (TPSA) is 88.7 Å². The van der Waals surface area contributed by atoms with Crippen molar-refractivity contribution < 1.29 is 9.13 Å². The van der Waals surface area contributed by atoms with Gasteiger partial charge >= 0.3 is 0 Å². The van der Waals surface area contributed by atoms with Crippen LogP contribution in [0, 0.1) is 24.1 Å². The lowest BCUT2D eigenvalue weighted by atomic mass is 10.1. The molecule has 3 aromatic rings. The number of rotatable bonds is 4. The van der Waals surface area contributed by atoms with Crippen LogP contribution in [-0.2, 0) is 4.74 Å². The second-order valence-electron chi connectivity index (χ2n) is 6.61. The van der Waals surface area contributed by atoms with Crippen molar-refractivity contribution in [3.8, 4) is 17.5 Å². The number of aryl methyl sites for hydroxylation is 1. The summed E-state index contributed by atoms with van der Waals surface area (Å²) >= 11 is 0. The molecule has 0 spiro atoms. The lowest BCUT2D eigenvalue weighted by Crippen LogP contribution is -2.21. The summed E-state index contributed by atoms with van der Waals surface area (Å²) in [7, 11) is 0. The van der Waals surface area contributed by atoms with E-state index in [9.17, 15) is 4.39 Å². The van der Waals surface area contributed by atoms with Crippen molar-refractivity contribution in [2.24, 2.45) is 0 Å². The number of benzene rings is 1. The Labute approximate surface area is 161 Å². The molecule has 4 rings (SSSR count). The van der Waals surface area contributed by atoms with Gasteiger partial charge in [-0.1, -0.05) is 6.07 Å². The molecule has 1 aliphatic rings. The molecule has 2 aromatic heterocycles. The molecule has 0 radical (unpaired) electrons. The van der Waals surface area contributed by atoms with Crippen LogP contribution < -0.4 is 5.32 Å². The molecule has 7 nitrogen and oxygen atoms in total. The Bertz CT molecular complexity index is 1040. The van der Waals surface area contributed by atoms with Gasteiger partial charge in [-0.3, -0.25) is 0 Å². The number of nitrogens with one attached hydrogen (secondary N) is 1. The van der Waals surface area contributed by atoms with E-state index in [-0.39, 0.29) is 17.7 Å². The fourth-order valence-corrected chi connectivity index (χ4v) is 3.44. The predicted octanol–water partition coefficient (Wildman–Crippen LogP) is 3.75. The third kappa shape index (κ3) is 3.57. The van der Waals surface area contributed by atoms with Crippen molar-refractivity contribution in [3.05, 3.63) is 53.9 Å². The summed E-state index contributed by atoms with van der Waals surface area (Å²) in [5.74, 6) is 0.560. The summed E-state index contributed by atoms with van der Waals surface area (Å²) in [4.78, 5) is 12.8. The zero-order chi connectivity index (χ0) is 19.5. The van der Waals surface area contributed by atoms with Gasteiger partial charge in [0.05, 0.1) is 29.7 Å². The zero-order valence-corrected chi connectivity index (χ0v) is 15.4. The van der Waals surface area contributed by atoms with Gasteiger partial charge in [-0.05, 0) is 38.0 Å². The minimum atomic E-state index is -0.510. The molecular formula is C20H19FN6O. The first-order valence-corrected chi connectivity index (χ1v) is 9.07. The minimum Gasteiger partial charge on any atom is -0.381 e. The number of hydrogen-bond donors (Lipinski definition) is 1. The summed E-state index contributed by atoms with van der Waals surface area (Å²) in [5.41, 5.74) is 1.99. The average Bonchev–Trinajstić information content (AvgIpc) is 3.11. The van der Waals surface area contributed by atoms with Crippen molar-refractivity contribution in [2.75, 3.05) is 18.5 Å². The first kappa shape index (κ1) is 18.1. The highest BCUT2D eigenvalue weighted by molar-refractivity contribution is 5.61. The van der Waals surface area contributed by atoms with Gasteiger partial charge in [0, 0.05) is 24.9 Å². The molecule has 28 heavy (non-hydrogen) atoms. The smallest absolute Gasteiger partial charge is 0.227 e. The normalized spacial score (nSPS) is 14.6. The molecule has 0 bridgehead atoms. The van der Waals surface area contributed by atoms with Gasteiger partial charge in [-0.25, -0.2) is 19.3 Å². The maximum absolute atomic E-state index is 14.6. The maximum Gasteiger partial charge on any atom is 0.227 e. The van der Waals surface area contributed by atoms with Crippen LogP contribution in [0.1, 0.15) is 30.3 Å². The van der Waals surface area contributed by atoms with E-state index in [2.05, 4.69) is 26.3 Å². The van der Waals surface area contributed by atoms with E-state index >= 15 is 0 Å². The van der Waals surface area contributed by atoms with E-state index in [0.29, 0.717) is 30.2 Å². The molecular weight excluding hydrogens is 359 g/mol. The highest BCUT2D eigenvalue weighted by Gasteiger charge is 2.23. The fourth-order valence-electron chi connectivity index (χ4n) is 3.44. The predicted molar refractivity (Wildman–Crippen MR) is 101 cm³/mol. The van der Waals surface area contributed by atoms with E-state index in [0.717, 1.165) is 24.9 Å². The third-order valence-corrected chi connectivity index (χ3v) is 4.77. The van der Waals surface area contributed by atoms with Crippen molar-refractivity contribution in [1.82, 2.24) is 19.5 Å². The molecule has 8 heteroatoms. The number of imidazole rings is 1. The molecule has 1 saturated heterocycles.